The maximum atomic E-state index is 14.5. The minimum absolute atomic E-state index is 0.167. The quantitative estimate of drug-likeness (QED) is 0.0713. The van der Waals surface area contributed by atoms with Gasteiger partial charge in [0.05, 0.1) is 45.2 Å². The second kappa shape index (κ2) is 35.6. The topological polar surface area (TPSA) is 511 Å². The van der Waals surface area contributed by atoms with Crippen LogP contribution in [0, 0.1) is 5.92 Å². The Morgan fingerprint density at radius 1 is 0.378 bits per heavy atom. The number of amides is 12. The van der Waals surface area contributed by atoms with E-state index in [1.807, 2.05) is 0 Å². The number of hydrogen-bond donors (Lipinski definition) is 20. The van der Waals surface area contributed by atoms with Crippen LogP contribution in [0.2, 0.25) is 0 Å². The molecular weight excluding hydrogens is 1180 g/mol. The Kier molecular flexibility index (Phi) is 28.9. The van der Waals surface area contributed by atoms with E-state index in [4.69, 9.17) is 0 Å². The molecule has 0 bridgehead atoms. The van der Waals surface area contributed by atoms with Crippen LogP contribution < -0.4 is 63.8 Å². The molecule has 32 heteroatoms. The molecule has 0 spiro atoms. The van der Waals surface area contributed by atoms with Crippen molar-refractivity contribution in [2.24, 2.45) is 5.92 Å². The van der Waals surface area contributed by atoms with Gasteiger partial charge in [-0.15, -0.1) is 0 Å². The van der Waals surface area contributed by atoms with Crippen LogP contribution in [0.25, 0.3) is 0 Å². The van der Waals surface area contributed by atoms with E-state index in [1.54, 1.807) is 44.2 Å². The first-order valence-electron chi connectivity index (χ1n) is 28.6. The number of phenols is 2. The highest BCUT2D eigenvalue weighted by molar-refractivity contribution is 6.00. The zero-order valence-electron chi connectivity index (χ0n) is 49.9. The van der Waals surface area contributed by atoms with Crippen molar-refractivity contribution in [3.8, 4) is 11.5 Å². The molecule has 3 aromatic carbocycles. The van der Waals surface area contributed by atoms with Gasteiger partial charge in [-0.2, -0.15) is 0 Å². The molecule has 1 aliphatic heterocycles. The van der Waals surface area contributed by atoms with E-state index >= 15 is 0 Å². The molecule has 492 valence electrons. The monoisotopic (exact) mass is 1260 g/mol. The first-order chi connectivity index (χ1) is 42.6. The summed E-state index contributed by atoms with van der Waals surface area (Å²) >= 11 is 0. The molecule has 3 aromatic rings. The predicted molar refractivity (Wildman–Crippen MR) is 315 cm³/mol. The number of aliphatic hydroxyl groups excluding tert-OH is 6. The van der Waals surface area contributed by atoms with Crippen molar-refractivity contribution in [1.82, 2.24) is 63.8 Å². The second-order valence-corrected chi connectivity index (χ2v) is 21.4. The molecular formula is C58H80N12O20. The lowest BCUT2D eigenvalue weighted by Crippen LogP contribution is -2.64. The molecule has 0 saturated carbocycles. The highest BCUT2D eigenvalue weighted by atomic mass is 16.3. The molecule has 0 aromatic heterocycles. The molecule has 1 fully saturated rings. The van der Waals surface area contributed by atoms with Gasteiger partial charge in [0.1, 0.15) is 78.0 Å². The summed E-state index contributed by atoms with van der Waals surface area (Å²) in [4.78, 5) is 166. The Hall–Kier alpha value is -9.34. The fraction of sp³-hybridized carbons (Fsp3) is 0.483. The average Bonchev–Trinajstić information content (AvgIpc) is 1.82. The number of phenolic OH excluding ortho intramolecular Hbond substituents is 2. The van der Waals surface area contributed by atoms with Gasteiger partial charge in [0.15, 0.2) is 0 Å². The predicted octanol–water partition coefficient (Wildman–Crippen LogP) is -7.61. The number of benzene rings is 3. The lowest BCUT2D eigenvalue weighted by molar-refractivity contribution is -0.138. The Labute approximate surface area is 516 Å². The summed E-state index contributed by atoms with van der Waals surface area (Å²) in [6.07, 6.45) is -4.38. The van der Waals surface area contributed by atoms with E-state index in [0.717, 1.165) is 20.8 Å². The molecule has 4 rings (SSSR count). The molecule has 90 heavy (non-hydrogen) atoms. The van der Waals surface area contributed by atoms with Crippen molar-refractivity contribution in [2.45, 2.75) is 139 Å². The maximum absolute atomic E-state index is 14.5. The highest BCUT2D eigenvalue weighted by Crippen LogP contribution is 2.16. The second-order valence-electron chi connectivity index (χ2n) is 21.4. The van der Waals surface area contributed by atoms with Crippen LogP contribution in [0.5, 0.6) is 11.5 Å². The Morgan fingerprint density at radius 3 is 1.07 bits per heavy atom. The van der Waals surface area contributed by atoms with E-state index < -0.39 is 188 Å². The third-order valence-electron chi connectivity index (χ3n) is 14.3. The van der Waals surface area contributed by atoms with Gasteiger partial charge in [0.25, 0.3) is 0 Å². The van der Waals surface area contributed by atoms with E-state index in [9.17, 15) is 98.4 Å². The molecule has 1 aliphatic rings. The van der Waals surface area contributed by atoms with E-state index in [1.165, 1.54) is 48.5 Å². The number of nitrogens with one attached hydrogen (secondary N) is 12. The van der Waals surface area contributed by atoms with Crippen LogP contribution in [0.15, 0.2) is 78.9 Å². The summed E-state index contributed by atoms with van der Waals surface area (Å²) in [5, 5.41) is 110. The zero-order chi connectivity index (χ0) is 66.9. The van der Waals surface area contributed by atoms with Crippen molar-refractivity contribution < 1.29 is 98.4 Å². The number of carbonyl (C=O) groups excluding carboxylic acids is 12. The summed E-state index contributed by atoms with van der Waals surface area (Å²) in [6, 6.07) is -0.896. The van der Waals surface area contributed by atoms with Crippen LogP contribution >= 0.6 is 0 Å². The Morgan fingerprint density at radius 2 is 0.678 bits per heavy atom. The van der Waals surface area contributed by atoms with Gasteiger partial charge in [0, 0.05) is 19.3 Å². The zero-order valence-corrected chi connectivity index (χ0v) is 49.9. The van der Waals surface area contributed by atoms with Gasteiger partial charge in [-0.25, -0.2) is 0 Å². The molecule has 12 amide bonds. The van der Waals surface area contributed by atoms with E-state index in [0.29, 0.717) is 16.7 Å². The molecule has 20 N–H and O–H groups in total. The van der Waals surface area contributed by atoms with Gasteiger partial charge < -0.3 is 105 Å². The Bertz CT molecular complexity index is 2980. The summed E-state index contributed by atoms with van der Waals surface area (Å²) in [5.74, 6) is -15.0. The lowest BCUT2D eigenvalue weighted by Gasteiger charge is -2.30. The number of hydrogen-bond acceptors (Lipinski definition) is 20. The van der Waals surface area contributed by atoms with Crippen molar-refractivity contribution in [2.75, 3.05) is 33.0 Å². The van der Waals surface area contributed by atoms with Gasteiger partial charge in [0.2, 0.25) is 70.9 Å². The molecule has 0 unspecified atom stereocenters. The normalized spacial score (nSPS) is 26.1. The average molecular weight is 1270 g/mol. The van der Waals surface area contributed by atoms with Crippen molar-refractivity contribution in [3.63, 3.8) is 0 Å². The van der Waals surface area contributed by atoms with Crippen LogP contribution in [0.1, 0.15) is 57.7 Å². The minimum Gasteiger partial charge on any atom is -0.508 e. The van der Waals surface area contributed by atoms with Crippen LogP contribution in [0.4, 0.5) is 0 Å². The number of aliphatic hydroxyl groups is 6. The molecule has 32 nitrogen and oxygen atoms in total. The summed E-state index contributed by atoms with van der Waals surface area (Å²) in [6.45, 7) is 1.05. The fourth-order valence-corrected chi connectivity index (χ4v) is 8.81. The summed E-state index contributed by atoms with van der Waals surface area (Å²) < 4.78 is 0. The third-order valence-corrected chi connectivity index (χ3v) is 14.3. The van der Waals surface area contributed by atoms with Crippen molar-refractivity contribution in [1.29, 1.82) is 0 Å². The smallest absolute Gasteiger partial charge is 0.245 e. The lowest BCUT2D eigenvalue weighted by atomic mass is 9.96. The van der Waals surface area contributed by atoms with Crippen LogP contribution in [0.3, 0.4) is 0 Å². The number of carbonyl (C=O) groups is 12. The first-order valence-corrected chi connectivity index (χ1v) is 28.6. The van der Waals surface area contributed by atoms with Crippen LogP contribution in [-0.2, 0) is 76.8 Å². The van der Waals surface area contributed by atoms with Crippen molar-refractivity contribution in [3.05, 3.63) is 95.6 Å². The minimum atomic E-state index is -1.95. The van der Waals surface area contributed by atoms with Gasteiger partial charge in [-0.3, -0.25) is 57.5 Å². The van der Waals surface area contributed by atoms with Crippen molar-refractivity contribution >= 4 is 70.9 Å². The molecule has 0 radical (unpaired) electrons. The molecule has 14 atom stereocenters. The number of aromatic hydroxyl groups is 2. The standard InChI is InChI=1S/C58H80N12O20/c1-6-28(2)45-56(88)66-41(25-72)53(85)62-38(20-32-10-8-7-9-11-32)51(83)69-47(31(5)76)58(90)67-42(26-73)54(86)65-40(24-71)52(84)60-29(3)48(80)59-23-44(79)61-37(21-33-12-16-35(77)17-13-33)49(81)64-43(27-74)55(87)70-46(30(4)75)57(89)63-39(50(82)68-45)22-34-14-18-36(78)19-15-34/h7-19,28-31,37-43,45-47,71-78H,6,20-27H2,1-5H3,(H,59,80)(H,60,84)(H,61,79)(H,62,85)(H,63,89)(H,64,81)(H,65,86)(H,66,88)(H,67,90)(H,68,82)(H,69,83)(H,70,87)/t28-,29-,30+,31+,37-,38-,39-,40-,41-,42-,43-,45-,46-,47-/m0/s1. The number of rotatable bonds is 14. The molecule has 0 aliphatic carbocycles. The fourth-order valence-electron chi connectivity index (χ4n) is 8.81. The third kappa shape index (κ3) is 22.4. The van der Waals surface area contributed by atoms with Crippen LogP contribution in [-0.4, -0.2) is 223 Å². The highest BCUT2D eigenvalue weighted by Gasteiger charge is 2.39. The molecule has 1 heterocycles. The largest absolute Gasteiger partial charge is 0.508 e. The SMILES string of the molecule is CC[C@H](C)[C@@H]1NC(=O)[C@H](Cc2ccc(O)cc2)NC(=O)[C@H]([C@@H](C)O)NC(=O)[C@H](CO)NC(=O)[C@H](Cc2ccc(O)cc2)NC(=O)CNC(=O)[C@H](C)NC(=O)[C@H](CO)NC(=O)[C@H](CO)NC(=O)[C@H]([C@@H](C)O)NC(=O)[C@H](Cc2ccccc2)NC(=O)[C@H](CO)NC1=O. The molecule has 1 saturated heterocycles. The van der Waals surface area contributed by atoms with Gasteiger partial charge >= 0.3 is 0 Å². The maximum Gasteiger partial charge on any atom is 0.245 e. The first kappa shape index (κ1) is 73.1. The van der Waals surface area contributed by atoms with E-state index in [2.05, 4.69) is 63.8 Å². The van der Waals surface area contributed by atoms with Gasteiger partial charge in [-0.05, 0) is 67.6 Å². The summed E-state index contributed by atoms with van der Waals surface area (Å²) in [7, 11) is 0. The van der Waals surface area contributed by atoms with E-state index in [-0.39, 0.29) is 37.2 Å². The van der Waals surface area contributed by atoms with Gasteiger partial charge in [-0.1, -0.05) is 74.9 Å². The summed E-state index contributed by atoms with van der Waals surface area (Å²) in [5.41, 5.74) is 1.08. The Balaban J connectivity index is 1.78.